The zero-order valence-corrected chi connectivity index (χ0v) is 14.7. The summed E-state index contributed by atoms with van der Waals surface area (Å²) in [6.07, 6.45) is 1.37. The summed E-state index contributed by atoms with van der Waals surface area (Å²) in [6.45, 7) is 6.11. The molecule has 1 aromatic rings. The van der Waals surface area contributed by atoms with Crippen LogP contribution in [-0.2, 0) is 4.79 Å². The number of hydrogen-bond donors (Lipinski definition) is 4. The van der Waals surface area contributed by atoms with E-state index in [9.17, 15) is 20.1 Å². The molecule has 0 bridgehead atoms. The van der Waals surface area contributed by atoms with Gasteiger partial charge in [-0.1, -0.05) is 39.3 Å². The standard InChI is InChI=1S/C19H29NO4/c1-12(2)16-8-7-13(3)10-19(16,24)18(23)20-11-17(22)14-5-4-6-15(21)9-14/h4-6,9,12-13,16-17,21-22,24H,7-8,10-11H2,1-3H3,(H,20,23)/t13?,16?,17-,19?/m0/s1. The Balaban J connectivity index is 2.04. The summed E-state index contributed by atoms with van der Waals surface area (Å²) in [4.78, 5) is 12.7. The Hall–Kier alpha value is -1.59. The van der Waals surface area contributed by atoms with Gasteiger partial charge in [-0.2, -0.15) is 0 Å². The third-order valence-electron chi connectivity index (χ3n) is 5.15. The molecule has 24 heavy (non-hydrogen) atoms. The number of nitrogens with one attached hydrogen (secondary N) is 1. The number of carbonyl (C=O) groups is 1. The smallest absolute Gasteiger partial charge is 0.252 e. The number of carbonyl (C=O) groups excluding carboxylic acids is 1. The molecule has 0 radical (unpaired) electrons. The quantitative estimate of drug-likeness (QED) is 0.665. The molecule has 3 unspecified atom stereocenters. The highest BCUT2D eigenvalue weighted by Gasteiger charge is 2.48. The van der Waals surface area contributed by atoms with Crippen molar-refractivity contribution >= 4 is 5.91 Å². The van der Waals surface area contributed by atoms with Crippen molar-refractivity contribution in [3.8, 4) is 5.75 Å². The second-order valence-corrected chi connectivity index (χ2v) is 7.48. The monoisotopic (exact) mass is 335 g/mol. The van der Waals surface area contributed by atoms with Gasteiger partial charge in [0, 0.05) is 6.54 Å². The number of rotatable bonds is 5. The van der Waals surface area contributed by atoms with Crippen molar-refractivity contribution in [2.24, 2.45) is 17.8 Å². The van der Waals surface area contributed by atoms with E-state index in [-0.39, 0.29) is 24.1 Å². The molecule has 5 heteroatoms. The van der Waals surface area contributed by atoms with Crippen molar-refractivity contribution in [3.05, 3.63) is 29.8 Å². The van der Waals surface area contributed by atoms with Crippen molar-refractivity contribution in [2.75, 3.05) is 6.54 Å². The largest absolute Gasteiger partial charge is 0.508 e. The third kappa shape index (κ3) is 4.08. The first-order valence-corrected chi connectivity index (χ1v) is 8.71. The Morgan fingerprint density at radius 1 is 1.38 bits per heavy atom. The summed E-state index contributed by atoms with van der Waals surface area (Å²) in [5, 5.41) is 33.4. The van der Waals surface area contributed by atoms with Crippen molar-refractivity contribution < 1.29 is 20.1 Å². The molecule has 1 aliphatic rings. The molecular weight excluding hydrogens is 306 g/mol. The minimum Gasteiger partial charge on any atom is -0.508 e. The molecule has 0 aliphatic heterocycles. The molecule has 2 rings (SSSR count). The zero-order chi connectivity index (χ0) is 17.9. The van der Waals surface area contributed by atoms with E-state index in [0.717, 1.165) is 12.8 Å². The zero-order valence-electron chi connectivity index (χ0n) is 14.7. The second kappa shape index (κ2) is 7.53. The molecule has 1 aliphatic carbocycles. The van der Waals surface area contributed by atoms with E-state index in [1.807, 2.05) is 13.8 Å². The van der Waals surface area contributed by atoms with Crippen LogP contribution in [0.15, 0.2) is 24.3 Å². The molecule has 4 N–H and O–H groups in total. The Morgan fingerprint density at radius 2 is 2.08 bits per heavy atom. The van der Waals surface area contributed by atoms with E-state index in [0.29, 0.717) is 17.9 Å². The average Bonchev–Trinajstić information content (AvgIpc) is 2.51. The van der Waals surface area contributed by atoms with Gasteiger partial charge in [-0.05, 0) is 48.3 Å². The molecule has 0 heterocycles. The van der Waals surface area contributed by atoms with Gasteiger partial charge in [-0.15, -0.1) is 0 Å². The highest BCUT2D eigenvalue weighted by Crippen LogP contribution is 2.41. The highest BCUT2D eigenvalue weighted by molar-refractivity contribution is 5.85. The van der Waals surface area contributed by atoms with Crippen molar-refractivity contribution in [1.29, 1.82) is 0 Å². The van der Waals surface area contributed by atoms with E-state index in [1.54, 1.807) is 12.1 Å². The normalized spacial score (nSPS) is 28.6. The molecular formula is C19H29NO4. The molecule has 134 valence electrons. The van der Waals surface area contributed by atoms with Crippen LogP contribution in [0.3, 0.4) is 0 Å². The minimum atomic E-state index is -1.38. The molecule has 0 aromatic heterocycles. The SMILES string of the molecule is CC1CCC(C(C)C)C(O)(C(=O)NC[C@H](O)c2cccc(O)c2)C1. The number of hydrogen-bond acceptors (Lipinski definition) is 4. The van der Waals surface area contributed by atoms with Gasteiger partial charge < -0.3 is 20.6 Å². The molecule has 5 nitrogen and oxygen atoms in total. The fourth-order valence-corrected chi connectivity index (χ4v) is 3.83. The van der Waals surface area contributed by atoms with E-state index in [2.05, 4.69) is 12.2 Å². The van der Waals surface area contributed by atoms with Crippen LogP contribution in [0.25, 0.3) is 0 Å². The Morgan fingerprint density at radius 3 is 2.71 bits per heavy atom. The van der Waals surface area contributed by atoms with Crippen LogP contribution < -0.4 is 5.32 Å². The van der Waals surface area contributed by atoms with Crippen LogP contribution in [0.2, 0.25) is 0 Å². The molecule has 0 spiro atoms. The number of aliphatic hydroxyl groups is 2. The van der Waals surface area contributed by atoms with Gasteiger partial charge in [-0.3, -0.25) is 4.79 Å². The van der Waals surface area contributed by atoms with Gasteiger partial charge in [0.1, 0.15) is 11.4 Å². The van der Waals surface area contributed by atoms with Crippen LogP contribution in [0.5, 0.6) is 5.75 Å². The lowest BCUT2D eigenvalue weighted by atomic mass is 9.66. The summed E-state index contributed by atoms with van der Waals surface area (Å²) in [7, 11) is 0. The summed E-state index contributed by atoms with van der Waals surface area (Å²) in [6, 6.07) is 6.31. The fourth-order valence-electron chi connectivity index (χ4n) is 3.83. The van der Waals surface area contributed by atoms with E-state index < -0.39 is 17.6 Å². The highest BCUT2D eigenvalue weighted by atomic mass is 16.3. The van der Waals surface area contributed by atoms with Gasteiger partial charge in [0.25, 0.3) is 5.91 Å². The number of aromatic hydroxyl groups is 1. The lowest BCUT2D eigenvalue weighted by Gasteiger charge is -2.43. The maximum atomic E-state index is 12.7. The summed E-state index contributed by atoms with van der Waals surface area (Å²) in [5.41, 5.74) is -0.857. The van der Waals surface area contributed by atoms with Crippen molar-refractivity contribution in [2.45, 2.75) is 51.7 Å². The predicted molar refractivity (Wildman–Crippen MR) is 92.4 cm³/mol. The van der Waals surface area contributed by atoms with Gasteiger partial charge in [0.05, 0.1) is 6.10 Å². The predicted octanol–water partition coefficient (Wildman–Crippen LogP) is 2.37. The Kier molecular flexibility index (Phi) is 5.88. The maximum absolute atomic E-state index is 12.7. The second-order valence-electron chi connectivity index (χ2n) is 7.48. The number of phenols is 1. The van der Waals surface area contributed by atoms with Crippen LogP contribution in [0, 0.1) is 17.8 Å². The Bertz CT molecular complexity index is 574. The van der Waals surface area contributed by atoms with Crippen LogP contribution in [0.4, 0.5) is 0 Å². The van der Waals surface area contributed by atoms with Crippen molar-refractivity contribution in [1.82, 2.24) is 5.32 Å². The molecule has 1 saturated carbocycles. The summed E-state index contributed by atoms with van der Waals surface area (Å²) < 4.78 is 0. The molecule has 1 aromatic carbocycles. The van der Waals surface area contributed by atoms with E-state index in [1.165, 1.54) is 12.1 Å². The van der Waals surface area contributed by atoms with E-state index >= 15 is 0 Å². The number of benzene rings is 1. The Labute approximate surface area is 143 Å². The van der Waals surface area contributed by atoms with Crippen LogP contribution >= 0.6 is 0 Å². The van der Waals surface area contributed by atoms with Gasteiger partial charge in [-0.25, -0.2) is 0 Å². The molecule has 1 fully saturated rings. The lowest BCUT2D eigenvalue weighted by molar-refractivity contribution is -0.156. The molecule has 0 saturated heterocycles. The number of phenolic OH excluding ortho intramolecular Hbond substituents is 1. The van der Waals surface area contributed by atoms with E-state index in [4.69, 9.17) is 0 Å². The molecule has 1 amide bonds. The fraction of sp³-hybridized carbons (Fsp3) is 0.632. The summed E-state index contributed by atoms with van der Waals surface area (Å²) >= 11 is 0. The topological polar surface area (TPSA) is 89.8 Å². The average molecular weight is 335 g/mol. The van der Waals surface area contributed by atoms with Crippen LogP contribution in [0.1, 0.15) is 51.7 Å². The minimum absolute atomic E-state index is 0.00376. The summed E-state index contributed by atoms with van der Waals surface area (Å²) in [5.74, 6) is 0.0898. The van der Waals surface area contributed by atoms with Crippen LogP contribution in [-0.4, -0.2) is 33.4 Å². The number of amides is 1. The van der Waals surface area contributed by atoms with Gasteiger partial charge in [0.15, 0.2) is 0 Å². The lowest BCUT2D eigenvalue weighted by Crippen LogP contribution is -2.56. The number of aliphatic hydroxyl groups excluding tert-OH is 1. The van der Waals surface area contributed by atoms with Gasteiger partial charge >= 0.3 is 0 Å². The maximum Gasteiger partial charge on any atom is 0.252 e. The molecule has 4 atom stereocenters. The third-order valence-corrected chi connectivity index (χ3v) is 5.15. The van der Waals surface area contributed by atoms with Crippen molar-refractivity contribution in [3.63, 3.8) is 0 Å². The first kappa shape index (κ1) is 18.7. The van der Waals surface area contributed by atoms with Gasteiger partial charge in [0.2, 0.25) is 0 Å². The first-order valence-electron chi connectivity index (χ1n) is 8.71. The first-order chi connectivity index (χ1) is 11.2.